The fraction of sp³-hybridized carbons (Fsp3) is 0.100. The number of rotatable bonds is 6. The van der Waals surface area contributed by atoms with E-state index in [0.717, 1.165) is 22.6 Å². The third-order valence-corrected chi connectivity index (χ3v) is 4.37. The van der Waals surface area contributed by atoms with Gasteiger partial charge in [0, 0.05) is 12.2 Å². The molecule has 0 heterocycles. The number of halogens is 3. The van der Waals surface area contributed by atoms with Crippen LogP contribution in [0, 0.1) is 5.82 Å². The molecule has 0 radical (unpaired) electrons. The van der Waals surface area contributed by atoms with Gasteiger partial charge in [-0.3, -0.25) is 0 Å². The van der Waals surface area contributed by atoms with Crippen LogP contribution in [-0.4, -0.2) is 0 Å². The van der Waals surface area contributed by atoms with Gasteiger partial charge in [0.1, 0.15) is 18.2 Å². The van der Waals surface area contributed by atoms with Gasteiger partial charge in [-0.15, -0.1) is 0 Å². The molecular formula is C20H16Cl2FNO. The quantitative estimate of drug-likeness (QED) is 0.543. The predicted octanol–water partition coefficient (Wildman–Crippen LogP) is 6.32. The van der Waals surface area contributed by atoms with E-state index in [2.05, 4.69) is 5.32 Å². The van der Waals surface area contributed by atoms with E-state index in [4.69, 9.17) is 27.9 Å². The van der Waals surface area contributed by atoms with Crippen LogP contribution in [0.3, 0.4) is 0 Å². The van der Waals surface area contributed by atoms with Crippen LogP contribution < -0.4 is 10.1 Å². The molecule has 2 nitrogen and oxygen atoms in total. The third kappa shape index (κ3) is 5.12. The Kier molecular flexibility index (Phi) is 5.79. The fourth-order valence-electron chi connectivity index (χ4n) is 2.30. The van der Waals surface area contributed by atoms with E-state index in [1.165, 1.54) is 12.1 Å². The van der Waals surface area contributed by atoms with E-state index in [1.807, 2.05) is 30.3 Å². The molecule has 3 rings (SSSR count). The zero-order valence-electron chi connectivity index (χ0n) is 13.3. The molecule has 0 fully saturated rings. The van der Waals surface area contributed by atoms with Crippen molar-refractivity contribution in [3.63, 3.8) is 0 Å². The average molecular weight is 376 g/mol. The van der Waals surface area contributed by atoms with E-state index in [9.17, 15) is 4.39 Å². The maximum atomic E-state index is 12.9. The summed E-state index contributed by atoms with van der Waals surface area (Å²) >= 11 is 11.9. The highest BCUT2D eigenvalue weighted by Gasteiger charge is 2.02. The Hall–Kier alpha value is -2.23. The Bertz CT molecular complexity index is 853. The summed E-state index contributed by atoms with van der Waals surface area (Å²) in [6, 6.07) is 19.5. The maximum Gasteiger partial charge on any atom is 0.123 e. The second kappa shape index (κ2) is 8.24. The molecule has 0 unspecified atom stereocenters. The number of nitrogens with one attached hydrogen (secondary N) is 1. The smallest absolute Gasteiger partial charge is 0.123 e. The summed E-state index contributed by atoms with van der Waals surface area (Å²) in [6.45, 7) is 1.02. The largest absolute Gasteiger partial charge is 0.489 e. The molecule has 0 aliphatic heterocycles. The summed E-state index contributed by atoms with van der Waals surface area (Å²) in [6.07, 6.45) is 0. The highest BCUT2D eigenvalue weighted by molar-refractivity contribution is 6.42. The van der Waals surface area contributed by atoms with Crippen LogP contribution in [0.1, 0.15) is 11.1 Å². The SMILES string of the molecule is Fc1ccc(COc2cccc(CNc3ccc(Cl)c(Cl)c3)c2)cc1. The standard InChI is InChI=1S/C20H16Cl2FNO/c21-19-9-8-17(11-20(19)22)24-12-15-2-1-3-18(10-15)25-13-14-4-6-16(23)7-5-14/h1-11,24H,12-13H2. The second-order valence-corrected chi connectivity index (χ2v) is 6.36. The van der Waals surface area contributed by atoms with Crippen molar-refractivity contribution in [2.24, 2.45) is 0 Å². The monoisotopic (exact) mass is 375 g/mol. The highest BCUT2D eigenvalue weighted by Crippen LogP contribution is 2.25. The minimum absolute atomic E-state index is 0.251. The van der Waals surface area contributed by atoms with Crippen LogP contribution in [0.25, 0.3) is 0 Å². The van der Waals surface area contributed by atoms with Gasteiger partial charge in [0.15, 0.2) is 0 Å². The van der Waals surface area contributed by atoms with E-state index in [-0.39, 0.29) is 5.82 Å². The van der Waals surface area contributed by atoms with Crippen molar-refractivity contribution in [1.29, 1.82) is 0 Å². The average Bonchev–Trinajstić information content (AvgIpc) is 2.63. The van der Waals surface area contributed by atoms with E-state index < -0.39 is 0 Å². The lowest BCUT2D eigenvalue weighted by Crippen LogP contribution is -2.00. The molecule has 0 aliphatic carbocycles. The van der Waals surface area contributed by atoms with Gasteiger partial charge in [-0.25, -0.2) is 4.39 Å². The van der Waals surface area contributed by atoms with Crippen LogP contribution in [0.4, 0.5) is 10.1 Å². The normalized spacial score (nSPS) is 10.5. The number of anilines is 1. The molecule has 3 aromatic carbocycles. The van der Waals surface area contributed by atoms with Crippen LogP contribution in [0.5, 0.6) is 5.75 Å². The molecule has 3 aromatic rings. The molecule has 0 aliphatic rings. The van der Waals surface area contributed by atoms with Crippen LogP contribution in [-0.2, 0) is 13.2 Å². The first-order valence-corrected chi connectivity index (χ1v) is 8.51. The third-order valence-electron chi connectivity index (χ3n) is 3.63. The Morgan fingerprint density at radius 2 is 1.64 bits per heavy atom. The van der Waals surface area contributed by atoms with Gasteiger partial charge in [0.05, 0.1) is 10.0 Å². The molecule has 0 saturated heterocycles. The number of hydrogen-bond donors (Lipinski definition) is 1. The van der Waals surface area contributed by atoms with Crippen molar-refractivity contribution in [1.82, 2.24) is 0 Å². The first-order chi connectivity index (χ1) is 12.1. The Morgan fingerprint density at radius 1 is 0.840 bits per heavy atom. The van der Waals surface area contributed by atoms with Crippen LogP contribution >= 0.6 is 23.2 Å². The van der Waals surface area contributed by atoms with Crippen molar-refractivity contribution >= 4 is 28.9 Å². The zero-order chi connectivity index (χ0) is 17.6. The van der Waals surface area contributed by atoms with Gasteiger partial charge in [-0.05, 0) is 53.6 Å². The summed E-state index contributed by atoms with van der Waals surface area (Å²) in [5.41, 5.74) is 2.88. The lowest BCUT2D eigenvalue weighted by Gasteiger charge is -2.10. The van der Waals surface area contributed by atoms with Crippen molar-refractivity contribution < 1.29 is 9.13 Å². The minimum atomic E-state index is -0.251. The molecule has 1 N–H and O–H groups in total. The second-order valence-electron chi connectivity index (χ2n) is 5.54. The summed E-state index contributed by atoms with van der Waals surface area (Å²) in [5, 5.41) is 4.34. The first kappa shape index (κ1) is 17.6. The predicted molar refractivity (Wildman–Crippen MR) is 101 cm³/mol. The van der Waals surface area contributed by atoms with E-state index >= 15 is 0 Å². The Labute approximate surface area is 156 Å². The van der Waals surface area contributed by atoms with Gasteiger partial charge in [0.2, 0.25) is 0 Å². The highest BCUT2D eigenvalue weighted by atomic mass is 35.5. The number of ether oxygens (including phenoxy) is 1. The lowest BCUT2D eigenvalue weighted by molar-refractivity contribution is 0.306. The van der Waals surface area contributed by atoms with Gasteiger partial charge >= 0.3 is 0 Å². The Balaban J connectivity index is 1.59. The zero-order valence-corrected chi connectivity index (χ0v) is 14.8. The van der Waals surface area contributed by atoms with Gasteiger partial charge < -0.3 is 10.1 Å². The minimum Gasteiger partial charge on any atom is -0.489 e. The van der Waals surface area contributed by atoms with Crippen molar-refractivity contribution in [3.8, 4) is 5.75 Å². The number of benzene rings is 3. The van der Waals surface area contributed by atoms with Crippen molar-refractivity contribution in [2.45, 2.75) is 13.2 Å². The fourth-order valence-corrected chi connectivity index (χ4v) is 2.60. The van der Waals surface area contributed by atoms with Gasteiger partial charge in [0.25, 0.3) is 0 Å². The van der Waals surface area contributed by atoms with E-state index in [0.29, 0.717) is 23.2 Å². The summed E-state index contributed by atoms with van der Waals surface area (Å²) < 4.78 is 18.7. The van der Waals surface area contributed by atoms with Crippen molar-refractivity contribution in [2.75, 3.05) is 5.32 Å². The lowest BCUT2D eigenvalue weighted by atomic mass is 10.2. The molecule has 25 heavy (non-hydrogen) atoms. The van der Waals surface area contributed by atoms with Gasteiger partial charge in [-0.1, -0.05) is 47.5 Å². The molecule has 0 amide bonds. The molecule has 0 saturated carbocycles. The molecule has 128 valence electrons. The molecule has 0 bridgehead atoms. The molecule has 0 spiro atoms. The van der Waals surface area contributed by atoms with Crippen molar-refractivity contribution in [3.05, 3.63) is 93.7 Å². The summed E-state index contributed by atoms with van der Waals surface area (Å²) in [7, 11) is 0. The topological polar surface area (TPSA) is 21.3 Å². The molecule has 0 aromatic heterocycles. The summed E-state index contributed by atoms with van der Waals surface area (Å²) in [4.78, 5) is 0. The molecule has 0 atom stereocenters. The van der Waals surface area contributed by atoms with Crippen LogP contribution in [0.15, 0.2) is 66.7 Å². The maximum absolute atomic E-state index is 12.9. The summed E-state index contributed by atoms with van der Waals surface area (Å²) in [5.74, 6) is 0.511. The molecule has 5 heteroatoms. The molecular weight excluding hydrogens is 360 g/mol. The van der Waals surface area contributed by atoms with E-state index in [1.54, 1.807) is 24.3 Å². The van der Waals surface area contributed by atoms with Crippen LogP contribution in [0.2, 0.25) is 10.0 Å². The van der Waals surface area contributed by atoms with Gasteiger partial charge in [-0.2, -0.15) is 0 Å². The first-order valence-electron chi connectivity index (χ1n) is 7.75. The Morgan fingerprint density at radius 3 is 2.40 bits per heavy atom. The number of hydrogen-bond acceptors (Lipinski definition) is 2.